The standard InChI is InChI=1S/C13H17Cl2N3O2/c1-16-11(19)6-17-12(20)8-18(2)7-9-4-3-5-10(14)13(9)15/h3-5H,6-8H2,1-2H3,(H,16,19)(H,17,20)/p+1. The van der Waals surface area contributed by atoms with E-state index < -0.39 is 0 Å². The van der Waals surface area contributed by atoms with Crippen LogP contribution in [0.5, 0.6) is 0 Å². The van der Waals surface area contributed by atoms with E-state index in [4.69, 9.17) is 23.2 Å². The normalized spacial score (nSPS) is 11.8. The average Bonchev–Trinajstić information content (AvgIpc) is 2.41. The number of amides is 2. The summed E-state index contributed by atoms with van der Waals surface area (Å²) in [5.74, 6) is -0.418. The average molecular weight is 319 g/mol. The third kappa shape index (κ3) is 5.36. The van der Waals surface area contributed by atoms with Crippen molar-refractivity contribution < 1.29 is 14.5 Å². The van der Waals surface area contributed by atoms with E-state index in [1.165, 1.54) is 7.05 Å². The van der Waals surface area contributed by atoms with Crippen molar-refractivity contribution >= 4 is 35.0 Å². The van der Waals surface area contributed by atoms with Crippen molar-refractivity contribution in [2.75, 3.05) is 27.2 Å². The fraction of sp³-hybridized carbons (Fsp3) is 0.385. The molecule has 0 aliphatic heterocycles. The van der Waals surface area contributed by atoms with E-state index in [1.807, 2.05) is 19.2 Å². The van der Waals surface area contributed by atoms with Crippen molar-refractivity contribution in [2.45, 2.75) is 6.54 Å². The lowest BCUT2D eigenvalue weighted by molar-refractivity contribution is -0.885. The molecule has 1 unspecified atom stereocenters. The highest BCUT2D eigenvalue weighted by molar-refractivity contribution is 6.42. The van der Waals surface area contributed by atoms with Crippen LogP contribution in [0.15, 0.2) is 18.2 Å². The Morgan fingerprint density at radius 1 is 1.25 bits per heavy atom. The topological polar surface area (TPSA) is 62.6 Å². The summed E-state index contributed by atoms with van der Waals surface area (Å²) < 4.78 is 0. The summed E-state index contributed by atoms with van der Waals surface area (Å²) in [7, 11) is 3.39. The van der Waals surface area contributed by atoms with Gasteiger partial charge in [0.05, 0.1) is 23.6 Å². The smallest absolute Gasteiger partial charge is 0.275 e. The van der Waals surface area contributed by atoms with Crippen LogP contribution in [0.3, 0.4) is 0 Å². The number of halogens is 2. The van der Waals surface area contributed by atoms with E-state index in [0.29, 0.717) is 16.6 Å². The maximum Gasteiger partial charge on any atom is 0.275 e. The number of rotatable bonds is 6. The molecule has 7 heteroatoms. The highest BCUT2D eigenvalue weighted by Gasteiger charge is 2.13. The number of carbonyl (C=O) groups is 2. The Hall–Kier alpha value is -1.30. The zero-order valence-corrected chi connectivity index (χ0v) is 12.9. The van der Waals surface area contributed by atoms with Crippen molar-refractivity contribution in [3.63, 3.8) is 0 Å². The van der Waals surface area contributed by atoms with Gasteiger partial charge in [0.2, 0.25) is 5.91 Å². The van der Waals surface area contributed by atoms with Gasteiger partial charge >= 0.3 is 0 Å². The second-order valence-electron chi connectivity index (χ2n) is 4.47. The summed E-state index contributed by atoms with van der Waals surface area (Å²) in [6.07, 6.45) is 0. The van der Waals surface area contributed by atoms with Gasteiger partial charge in [-0.2, -0.15) is 0 Å². The van der Waals surface area contributed by atoms with E-state index >= 15 is 0 Å². The molecule has 5 nitrogen and oxygen atoms in total. The van der Waals surface area contributed by atoms with E-state index in [9.17, 15) is 9.59 Å². The van der Waals surface area contributed by atoms with Gasteiger partial charge < -0.3 is 15.5 Å². The Bertz CT molecular complexity index is 495. The highest BCUT2D eigenvalue weighted by Crippen LogP contribution is 2.24. The second-order valence-corrected chi connectivity index (χ2v) is 5.26. The van der Waals surface area contributed by atoms with Gasteiger partial charge in [-0.25, -0.2) is 0 Å². The Labute approximate surface area is 128 Å². The molecule has 0 aliphatic rings. The lowest BCUT2D eigenvalue weighted by Crippen LogP contribution is -3.08. The number of benzene rings is 1. The fourth-order valence-corrected chi connectivity index (χ4v) is 2.06. The van der Waals surface area contributed by atoms with E-state index in [1.54, 1.807) is 6.07 Å². The predicted molar refractivity (Wildman–Crippen MR) is 79.0 cm³/mol. The predicted octanol–water partition coefficient (Wildman–Crippen LogP) is -0.130. The van der Waals surface area contributed by atoms with Crippen LogP contribution >= 0.6 is 23.2 Å². The molecule has 0 bridgehead atoms. The van der Waals surface area contributed by atoms with Gasteiger partial charge in [0, 0.05) is 12.6 Å². The minimum absolute atomic E-state index is 0.0134. The quantitative estimate of drug-likeness (QED) is 0.684. The third-order valence-electron chi connectivity index (χ3n) is 2.71. The number of hydrogen-bond acceptors (Lipinski definition) is 2. The van der Waals surface area contributed by atoms with E-state index in [-0.39, 0.29) is 24.9 Å². The summed E-state index contributed by atoms with van der Waals surface area (Å²) in [4.78, 5) is 23.6. The summed E-state index contributed by atoms with van der Waals surface area (Å²) in [5, 5.41) is 5.99. The van der Waals surface area contributed by atoms with Crippen molar-refractivity contribution in [3.8, 4) is 0 Å². The van der Waals surface area contributed by atoms with Crippen molar-refractivity contribution in [3.05, 3.63) is 33.8 Å². The van der Waals surface area contributed by atoms with Gasteiger partial charge in [-0.05, 0) is 6.07 Å². The lowest BCUT2D eigenvalue weighted by atomic mass is 10.2. The molecule has 110 valence electrons. The minimum atomic E-state index is -0.228. The molecule has 0 fully saturated rings. The Balaban J connectivity index is 2.47. The van der Waals surface area contributed by atoms with Gasteiger partial charge in [0.15, 0.2) is 6.54 Å². The second kappa shape index (κ2) is 8.09. The first-order chi connectivity index (χ1) is 9.43. The molecule has 1 aromatic rings. The molecule has 0 radical (unpaired) electrons. The van der Waals surface area contributed by atoms with Gasteiger partial charge in [-0.3, -0.25) is 9.59 Å². The zero-order valence-electron chi connectivity index (χ0n) is 11.4. The van der Waals surface area contributed by atoms with Crippen molar-refractivity contribution in [1.29, 1.82) is 0 Å². The Morgan fingerprint density at radius 3 is 2.60 bits per heavy atom. The first-order valence-corrected chi connectivity index (χ1v) is 6.91. The minimum Gasteiger partial charge on any atom is -0.358 e. The molecule has 1 aromatic carbocycles. The zero-order chi connectivity index (χ0) is 15.1. The molecular formula is C13H18Cl2N3O2+. The number of quaternary nitrogens is 1. The van der Waals surface area contributed by atoms with Gasteiger partial charge in [0.1, 0.15) is 6.54 Å². The third-order valence-corrected chi connectivity index (χ3v) is 3.57. The fourth-order valence-electron chi connectivity index (χ4n) is 1.68. The molecule has 3 N–H and O–H groups in total. The molecule has 0 spiro atoms. The Morgan fingerprint density at radius 2 is 1.95 bits per heavy atom. The van der Waals surface area contributed by atoms with Crippen LogP contribution < -0.4 is 15.5 Å². The number of likely N-dealkylation sites (N-methyl/N-ethyl adjacent to an activating group) is 2. The Kier molecular flexibility index (Phi) is 6.78. The van der Waals surface area contributed by atoms with Gasteiger partial charge in [0.25, 0.3) is 5.91 Å². The number of carbonyl (C=O) groups excluding carboxylic acids is 2. The molecule has 1 rings (SSSR count). The van der Waals surface area contributed by atoms with Crippen LogP contribution in [0, 0.1) is 0 Å². The summed E-state index contributed by atoms with van der Waals surface area (Å²) >= 11 is 12.0. The molecule has 0 aliphatic carbocycles. The molecule has 1 atom stereocenters. The summed E-state index contributed by atoms with van der Waals surface area (Å²) in [5.41, 5.74) is 0.885. The molecule has 2 amide bonds. The lowest BCUT2D eigenvalue weighted by Gasteiger charge is -2.15. The first kappa shape index (κ1) is 16.8. The summed E-state index contributed by atoms with van der Waals surface area (Å²) in [6, 6.07) is 5.42. The van der Waals surface area contributed by atoms with E-state index in [0.717, 1.165) is 10.5 Å². The molecule has 0 saturated heterocycles. The van der Waals surface area contributed by atoms with Crippen LogP contribution in [0.1, 0.15) is 5.56 Å². The SMILES string of the molecule is CNC(=O)CNC(=O)C[NH+](C)Cc1cccc(Cl)c1Cl. The maximum atomic E-state index is 11.6. The van der Waals surface area contributed by atoms with E-state index in [2.05, 4.69) is 10.6 Å². The van der Waals surface area contributed by atoms with Crippen LogP contribution in [-0.4, -0.2) is 39.0 Å². The largest absolute Gasteiger partial charge is 0.358 e. The molecule has 0 saturated carbocycles. The van der Waals surface area contributed by atoms with Crippen LogP contribution in [0.2, 0.25) is 10.0 Å². The molecular weight excluding hydrogens is 301 g/mol. The monoisotopic (exact) mass is 318 g/mol. The van der Waals surface area contributed by atoms with Crippen LogP contribution in [-0.2, 0) is 16.1 Å². The maximum absolute atomic E-state index is 11.6. The highest BCUT2D eigenvalue weighted by atomic mass is 35.5. The number of hydrogen-bond donors (Lipinski definition) is 3. The van der Waals surface area contributed by atoms with Crippen LogP contribution in [0.4, 0.5) is 0 Å². The van der Waals surface area contributed by atoms with Crippen molar-refractivity contribution in [2.24, 2.45) is 0 Å². The number of nitrogens with one attached hydrogen (secondary N) is 3. The van der Waals surface area contributed by atoms with Gasteiger partial charge in [-0.15, -0.1) is 0 Å². The van der Waals surface area contributed by atoms with Crippen molar-refractivity contribution in [1.82, 2.24) is 10.6 Å². The first-order valence-electron chi connectivity index (χ1n) is 6.15. The van der Waals surface area contributed by atoms with Gasteiger partial charge in [-0.1, -0.05) is 35.3 Å². The summed E-state index contributed by atoms with van der Waals surface area (Å²) in [6.45, 7) is 0.813. The molecule has 0 aromatic heterocycles. The molecule has 0 heterocycles. The molecule has 20 heavy (non-hydrogen) atoms. The van der Waals surface area contributed by atoms with Crippen LogP contribution in [0.25, 0.3) is 0 Å².